The summed E-state index contributed by atoms with van der Waals surface area (Å²) in [6, 6.07) is 11.1. The van der Waals surface area contributed by atoms with Crippen molar-refractivity contribution in [3.05, 3.63) is 65.9 Å². The normalized spacial score (nSPS) is 17.2. The first-order chi connectivity index (χ1) is 16.3. The number of piperidine rings is 1. The summed E-state index contributed by atoms with van der Waals surface area (Å²) in [7, 11) is -3.27. The molecule has 0 radical (unpaired) electrons. The van der Waals surface area contributed by atoms with Gasteiger partial charge in [0.05, 0.1) is 18.4 Å². The number of imidazole rings is 1. The van der Waals surface area contributed by atoms with Crippen molar-refractivity contribution in [2.75, 3.05) is 24.7 Å². The first kappa shape index (κ1) is 22.2. The Bertz CT molecular complexity index is 1480. The first-order valence-corrected chi connectivity index (χ1v) is 12.8. The molecule has 11 heteroatoms. The third-order valence-corrected chi connectivity index (χ3v) is 7.31. The maximum atomic E-state index is 12.9. The van der Waals surface area contributed by atoms with Crippen LogP contribution >= 0.6 is 0 Å². The molecule has 1 atom stereocenters. The Balaban J connectivity index is 1.37. The predicted molar refractivity (Wildman–Crippen MR) is 126 cm³/mol. The molecule has 1 amide bonds. The summed E-state index contributed by atoms with van der Waals surface area (Å²) in [5, 5.41) is 7.06. The first-order valence-electron chi connectivity index (χ1n) is 10.9. The minimum Gasteiger partial charge on any atom is -0.339 e. The van der Waals surface area contributed by atoms with E-state index in [1.807, 2.05) is 37.3 Å². The van der Waals surface area contributed by atoms with Crippen molar-refractivity contribution in [1.29, 1.82) is 0 Å². The van der Waals surface area contributed by atoms with Crippen LogP contribution in [0.5, 0.6) is 0 Å². The molecule has 5 rings (SSSR count). The van der Waals surface area contributed by atoms with Crippen LogP contribution in [-0.4, -0.2) is 57.5 Å². The van der Waals surface area contributed by atoms with Crippen LogP contribution in [0.25, 0.3) is 17.0 Å². The third-order valence-electron chi connectivity index (χ3n) is 6.04. The number of benzene rings is 1. The zero-order valence-corrected chi connectivity index (χ0v) is 19.6. The topological polar surface area (TPSA) is 123 Å². The molecule has 1 fully saturated rings. The summed E-state index contributed by atoms with van der Waals surface area (Å²) in [5.41, 5.74) is 3.31. The molecule has 1 saturated heterocycles. The molecule has 1 N–H and O–H groups in total. The minimum atomic E-state index is -3.27. The second-order valence-corrected chi connectivity index (χ2v) is 10.5. The number of pyridine rings is 1. The van der Waals surface area contributed by atoms with Crippen LogP contribution in [0, 0.1) is 6.92 Å². The van der Waals surface area contributed by atoms with Gasteiger partial charge >= 0.3 is 0 Å². The van der Waals surface area contributed by atoms with E-state index in [4.69, 9.17) is 4.52 Å². The van der Waals surface area contributed by atoms with E-state index in [0.29, 0.717) is 47.4 Å². The van der Waals surface area contributed by atoms with Gasteiger partial charge in [-0.25, -0.2) is 17.7 Å². The summed E-state index contributed by atoms with van der Waals surface area (Å²) in [6.07, 6.45) is 6.06. The van der Waals surface area contributed by atoms with Gasteiger partial charge in [-0.2, -0.15) is 4.98 Å². The number of aromatic nitrogens is 4. The van der Waals surface area contributed by atoms with E-state index in [-0.39, 0.29) is 11.8 Å². The predicted octanol–water partition coefficient (Wildman–Crippen LogP) is 3.08. The number of carbonyl (C=O) groups excluding carboxylic acids is 1. The second-order valence-electron chi connectivity index (χ2n) is 8.47. The Hall–Kier alpha value is -3.57. The van der Waals surface area contributed by atoms with Crippen LogP contribution in [0.15, 0.2) is 53.3 Å². The van der Waals surface area contributed by atoms with E-state index in [1.54, 1.807) is 22.9 Å². The van der Waals surface area contributed by atoms with E-state index in [9.17, 15) is 13.2 Å². The molecule has 0 spiro atoms. The van der Waals surface area contributed by atoms with Gasteiger partial charge in [0, 0.05) is 30.5 Å². The van der Waals surface area contributed by atoms with Crippen LogP contribution in [0.4, 0.5) is 5.69 Å². The fourth-order valence-corrected chi connectivity index (χ4v) is 5.06. The smallest absolute Gasteiger partial charge is 0.274 e. The van der Waals surface area contributed by atoms with Crippen molar-refractivity contribution in [1.82, 2.24) is 23.8 Å². The Morgan fingerprint density at radius 3 is 2.91 bits per heavy atom. The molecule has 4 heterocycles. The maximum absolute atomic E-state index is 12.9. The van der Waals surface area contributed by atoms with Gasteiger partial charge in [0.25, 0.3) is 5.91 Å². The molecule has 176 valence electrons. The van der Waals surface area contributed by atoms with Gasteiger partial charge in [-0.1, -0.05) is 23.4 Å². The zero-order chi connectivity index (χ0) is 23.9. The Morgan fingerprint density at radius 1 is 1.24 bits per heavy atom. The molecule has 0 aliphatic carbocycles. The van der Waals surface area contributed by atoms with Crippen molar-refractivity contribution in [2.45, 2.75) is 25.7 Å². The highest BCUT2D eigenvalue weighted by atomic mass is 32.2. The molecule has 1 aliphatic rings. The van der Waals surface area contributed by atoms with Crippen molar-refractivity contribution < 1.29 is 17.7 Å². The number of hydrogen-bond donors (Lipinski definition) is 1. The zero-order valence-electron chi connectivity index (χ0n) is 18.8. The molecule has 0 unspecified atom stereocenters. The van der Waals surface area contributed by atoms with Gasteiger partial charge in [0.15, 0.2) is 0 Å². The molecule has 10 nitrogen and oxygen atoms in total. The summed E-state index contributed by atoms with van der Waals surface area (Å²) in [4.78, 5) is 21.7. The Morgan fingerprint density at radius 2 is 2.09 bits per heavy atom. The average molecular weight is 481 g/mol. The molecule has 1 aliphatic heterocycles. The molecule has 34 heavy (non-hydrogen) atoms. The van der Waals surface area contributed by atoms with Crippen LogP contribution in [0.2, 0.25) is 0 Å². The third kappa shape index (κ3) is 4.31. The highest BCUT2D eigenvalue weighted by Gasteiger charge is 2.30. The highest BCUT2D eigenvalue weighted by Crippen LogP contribution is 2.30. The van der Waals surface area contributed by atoms with Crippen molar-refractivity contribution >= 4 is 27.3 Å². The number of hydrogen-bond acceptors (Lipinski definition) is 7. The van der Waals surface area contributed by atoms with Gasteiger partial charge in [-0.15, -0.1) is 0 Å². The number of fused-ring (bicyclic) bond motifs is 1. The van der Waals surface area contributed by atoms with E-state index < -0.39 is 10.0 Å². The SMILES string of the molecule is Cc1ccc(-c2noc([C@@H]3CCCN(S(C)(=O)=O)C3)n2)cc1NC(=O)c1cnc2ccccn12. The average Bonchev–Trinajstić information content (AvgIpc) is 3.48. The Kier molecular flexibility index (Phi) is 5.66. The summed E-state index contributed by atoms with van der Waals surface area (Å²) < 4.78 is 32.5. The van der Waals surface area contributed by atoms with Gasteiger partial charge in [0.2, 0.25) is 21.7 Å². The fourth-order valence-electron chi connectivity index (χ4n) is 4.15. The second kappa shape index (κ2) is 8.65. The van der Waals surface area contributed by atoms with Gasteiger partial charge in [0.1, 0.15) is 11.3 Å². The van der Waals surface area contributed by atoms with Gasteiger partial charge in [-0.05, 0) is 43.5 Å². The lowest BCUT2D eigenvalue weighted by Crippen LogP contribution is -2.38. The number of nitrogens with one attached hydrogen (secondary N) is 1. The number of nitrogens with zero attached hydrogens (tertiary/aromatic N) is 5. The lowest BCUT2D eigenvalue weighted by Gasteiger charge is -2.28. The molecule has 3 aromatic heterocycles. The molecular formula is C23H24N6O4S. The van der Waals surface area contributed by atoms with Gasteiger partial charge < -0.3 is 9.84 Å². The number of amides is 1. The lowest BCUT2D eigenvalue weighted by molar-refractivity contribution is 0.102. The van der Waals surface area contributed by atoms with Crippen molar-refractivity contribution in [2.24, 2.45) is 0 Å². The number of carbonyl (C=O) groups is 1. The van der Waals surface area contributed by atoms with Gasteiger partial charge in [-0.3, -0.25) is 9.20 Å². The standard InChI is InChI=1S/C23H24N6O4S/c1-15-8-9-16(12-18(15)25-22(30)19-13-24-20-7-3-4-11-29(19)20)21-26-23(33-27-21)17-6-5-10-28(14-17)34(2,31)32/h3-4,7-9,11-13,17H,5-6,10,14H2,1-2H3,(H,25,30)/t17-/m1/s1. The highest BCUT2D eigenvalue weighted by molar-refractivity contribution is 7.88. The van der Waals surface area contributed by atoms with Crippen LogP contribution in [0.1, 0.15) is 40.7 Å². The minimum absolute atomic E-state index is 0.149. The molecule has 0 saturated carbocycles. The molecule has 4 aromatic rings. The monoisotopic (exact) mass is 480 g/mol. The molecular weight excluding hydrogens is 456 g/mol. The van der Waals surface area contributed by atoms with E-state index in [0.717, 1.165) is 18.4 Å². The summed E-state index contributed by atoms with van der Waals surface area (Å²) >= 11 is 0. The van der Waals surface area contributed by atoms with Crippen molar-refractivity contribution in [3.8, 4) is 11.4 Å². The largest absolute Gasteiger partial charge is 0.339 e. The number of rotatable bonds is 5. The van der Waals surface area contributed by atoms with Crippen LogP contribution in [0.3, 0.4) is 0 Å². The Labute approximate surface area is 196 Å². The molecule has 0 bridgehead atoms. The fraction of sp³-hybridized carbons (Fsp3) is 0.304. The summed E-state index contributed by atoms with van der Waals surface area (Å²) in [5.74, 6) is 0.373. The lowest BCUT2D eigenvalue weighted by atomic mass is 10.00. The van der Waals surface area contributed by atoms with E-state index in [2.05, 4.69) is 20.4 Å². The summed E-state index contributed by atoms with van der Waals surface area (Å²) in [6.45, 7) is 2.73. The molecule has 1 aromatic carbocycles. The van der Waals surface area contributed by atoms with Crippen LogP contribution in [-0.2, 0) is 10.0 Å². The number of aryl methyl sites for hydroxylation is 1. The number of sulfonamides is 1. The van der Waals surface area contributed by atoms with E-state index in [1.165, 1.54) is 10.6 Å². The van der Waals surface area contributed by atoms with Crippen LogP contribution < -0.4 is 5.32 Å². The quantitative estimate of drug-likeness (QED) is 0.466. The number of anilines is 1. The van der Waals surface area contributed by atoms with Crippen molar-refractivity contribution in [3.63, 3.8) is 0 Å². The maximum Gasteiger partial charge on any atom is 0.274 e. The van der Waals surface area contributed by atoms with E-state index >= 15 is 0 Å².